The zero-order valence-electron chi connectivity index (χ0n) is 39.0. The fraction of sp³-hybridized carbons (Fsp3) is 0.536. The first-order valence-corrected chi connectivity index (χ1v) is 22.8. The van der Waals surface area contributed by atoms with Gasteiger partial charge in [-0.25, -0.2) is 0 Å². The van der Waals surface area contributed by atoms with Crippen molar-refractivity contribution in [3.63, 3.8) is 0 Å². The lowest BCUT2D eigenvalue weighted by Gasteiger charge is -2.18. The number of rotatable bonds is 27. The lowest BCUT2D eigenvalue weighted by atomic mass is 9.83. The number of fused-ring (bicyclic) bond motifs is 1. The maximum Gasteiger partial charge on any atom is 0.190 e. The van der Waals surface area contributed by atoms with Crippen LogP contribution in [-0.2, 0) is 0 Å². The summed E-state index contributed by atoms with van der Waals surface area (Å²) < 4.78 is 0. The van der Waals surface area contributed by atoms with Crippen molar-refractivity contribution in [1.82, 2.24) is 0 Å². The molecule has 1 aliphatic rings. The Morgan fingerprint density at radius 1 is 0.466 bits per heavy atom. The maximum absolute atomic E-state index is 13.0. The summed E-state index contributed by atoms with van der Waals surface area (Å²) in [4.78, 5) is 25.8. The quantitative estimate of drug-likeness (QED) is 0.0833. The van der Waals surface area contributed by atoms with Crippen LogP contribution in [0.5, 0.6) is 0 Å². The molecule has 0 bridgehead atoms. The van der Waals surface area contributed by atoms with Crippen LogP contribution in [0.3, 0.4) is 0 Å². The van der Waals surface area contributed by atoms with Gasteiger partial charge in [0.05, 0.1) is 0 Å². The molecule has 0 saturated heterocycles. The molecule has 318 valence electrons. The largest absolute Gasteiger partial charge is 0.289 e. The van der Waals surface area contributed by atoms with E-state index in [2.05, 4.69) is 118 Å². The van der Waals surface area contributed by atoms with Crippen LogP contribution in [0, 0.1) is 5.92 Å². The summed E-state index contributed by atoms with van der Waals surface area (Å²) in [6.07, 6.45) is 39.4. The number of hydrogen-bond acceptors (Lipinski definition) is 2. The Morgan fingerprint density at radius 3 is 1.24 bits per heavy atom. The Hall–Kier alpha value is -3.78. The molecule has 1 aliphatic carbocycles. The van der Waals surface area contributed by atoms with Gasteiger partial charge in [-0.15, -0.1) is 0 Å². The summed E-state index contributed by atoms with van der Waals surface area (Å²) >= 11 is 0. The summed E-state index contributed by atoms with van der Waals surface area (Å²) in [5.74, 6) is 0.686. The van der Waals surface area contributed by atoms with Crippen LogP contribution in [0.4, 0.5) is 0 Å². The SMILES string of the molecule is CC(C)=CCCC(C)=CCCC(C)=CCCC(C)=CCCC(C)=CCCC(C)=CCCC(C)=CCC[C@H](C)CCCC(C)=CCC1=C(C)C(=O)c2ccccc2C1=O. The number of Topliss-reactive ketones (excluding diaryl/α,β-unsaturated/α-hetero) is 2. The molecule has 1 aromatic carbocycles. The van der Waals surface area contributed by atoms with Crippen molar-refractivity contribution in [1.29, 1.82) is 0 Å². The molecule has 2 rings (SSSR count). The van der Waals surface area contributed by atoms with Gasteiger partial charge in [0, 0.05) is 22.3 Å². The third kappa shape index (κ3) is 21.3. The van der Waals surface area contributed by atoms with E-state index in [-0.39, 0.29) is 11.6 Å². The number of benzene rings is 1. The highest BCUT2D eigenvalue weighted by atomic mass is 16.1. The molecule has 2 heteroatoms. The monoisotopic (exact) mass is 787 g/mol. The Kier molecular flexibility index (Phi) is 24.8. The van der Waals surface area contributed by atoms with E-state index in [1.807, 2.05) is 12.1 Å². The first-order chi connectivity index (χ1) is 27.7. The summed E-state index contributed by atoms with van der Waals surface area (Å²) in [7, 11) is 0. The van der Waals surface area contributed by atoms with Crippen molar-refractivity contribution in [2.24, 2.45) is 5.92 Å². The highest BCUT2D eigenvalue weighted by molar-refractivity contribution is 6.26. The molecule has 0 radical (unpaired) electrons. The van der Waals surface area contributed by atoms with Gasteiger partial charge < -0.3 is 0 Å². The van der Waals surface area contributed by atoms with Gasteiger partial charge in [-0.2, -0.15) is 0 Å². The molecule has 0 amide bonds. The van der Waals surface area contributed by atoms with Crippen LogP contribution in [0.15, 0.2) is 129 Å². The van der Waals surface area contributed by atoms with E-state index in [4.69, 9.17) is 0 Å². The fourth-order valence-electron chi connectivity index (χ4n) is 7.60. The molecule has 2 nitrogen and oxygen atoms in total. The third-order valence-electron chi connectivity index (χ3n) is 11.8. The summed E-state index contributed by atoms with van der Waals surface area (Å²) in [5, 5.41) is 0. The van der Waals surface area contributed by atoms with E-state index in [0.717, 1.165) is 77.0 Å². The molecule has 1 aromatic rings. The van der Waals surface area contributed by atoms with Crippen molar-refractivity contribution < 1.29 is 9.59 Å². The molecule has 0 aliphatic heterocycles. The predicted molar refractivity (Wildman–Crippen MR) is 256 cm³/mol. The average Bonchev–Trinajstić information content (AvgIpc) is 3.17. The topological polar surface area (TPSA) is 34.1 Å². The summed E-state index contributed by atoms with van der Waals surface area (Å²) in [6.45, 7) is 24.4. The lowest BCUT2D eigenvalue weighted by Crippen LogP contribution is -2.20. The number of hydrogen-bond donors (Lipinski definition) is 0. The van der Waals surface area contributed by atoms with Crippen LogP contribution in [-0.4, -0.2) is 11.6 Å². The standard InChI is InChI=1S/C56H82O2/c1-42(2)22-14-23-43(3)24-15-25-44(4)26-16-27-45(5)28-17-29-46(6)30-18-31-47(7)32-19-33-48(8)34-20-35-49(9)36-21-37-50(10)40-41-52-51(11)55(57)53-38-12-13-39-54(53)56(52)58/h12-13,22,24,26,28,30,32,34,38-40,49H,14-21,23,25,27,29,31,33,35-37,41H2,1-11H3/t49-/m0/s1. The highest BCUT2D eigenvalue weighted by Gasteiger charge is 2.28. The molecule has 0 heterocycles. The van der Waals surface area contributed by atoms with Crippen LogP contribution < -0.4 is 0 Å². The van der Waals surface area contributed by atoms with Crippen molar-refractivity contribution in [2.75, 3.05) is 0 Å². The van der Waals surface area contributed by atoms with Gasteiger partial charge in [0.1, 0.15) is 0 Å². The number of allylic oxidation sites excluding steroid dienone is 18. The minimum Gasteiger partial charge on any atom is -0.289 e. The molecular weight excluding hydrogens is 705 g/mol. The summed E-state index contributed by atoms with van der Waals surface area (Å²) in [6, 6.07) is 7.19. The zero-order chi connectivity index (χ0) is 42.9. The van der Waals surface area contributed by atoms with E-state index >= 15 is 0 Å². The lowest BCUT2D eigenvalue weighted by molar-refractivity contribution is 0.0973. The molecule has 0 N–H and O–H groups in total. The van der Waals surface area contributed by atoms with E-state index in [1.165, 1.54) is 76.7 Å². The molecule has 0 saturated carbocycles. The van der Waals surface area contributed by atoms with E-state index in [0.29, 0.717) is 34.6 Å². The van der Waals surface area contributed by atoms with Crippen LogP contribution >= 0.6 is 0 Å². The minimum absolute atomic E-state index is 0.00329. The molecular formula is C56H82O2. The fourth-order valence-corrected chi connectivity index (χ4v) is 7.60. The van der Waals surface area contributed by atoms with Gasteiger partial charge in [0.15, 0.2) is 11.6 Å². The summed E-state index contributed by atoms with van der Waals surface area (Å²) in [5.41, 5.74) is 14.1. The van der Waals surface area contributed by atoms with Crippen LogP contribution in [0.25, 0.3) is 0 Å². The number of carbonyl (C=O) groups is 2. The van der Waals surface area contributed by atoms with Gasteiger partial charge in [0.2, 0.25) is 0 Å². The molecule has 1 atom stereocenters. The predicted octanol–water partition coefficient (Wildman–Crippen LogP) is 17.6. The second kappa shape index (κ2) is 28.6. The van der Waals surface area contributed by atoms with E-state index in [1.54, 1.807) is 19.1 Å². The normalized spacial score (nSPS) is 15.7. The van der Waals surface area contributed by atoms with Gasteiger partial charge in [0.25, 0.3) is 0 Å². The molecule has 0 fully saturated rings. The van der Waals surface area contributed by atoms with Crippen molar-refractivity contribution >= 4 is 11.6 Å². The highest BCUT2D eigenvalue weighted by Crippen LogP contribution is 2.29. The van der Waals surface area contributed by atoms with Gasteiger partial charge in [-0.05, 0) is 184 Å². The van der Waals surface area contributed by atoms with Crippen LogP contribution in [0.1, 0.15) is 212 Å². The second-order valence-electron chi connectivity index (χ2n) is 18.0. The average molecular weight is 787 g/mol. The Morgan fingerprint density at radius 2 is 0.828 bits per heavy atom. The third-order valence-corrected chi connectivity index (χ3v) is 11.8. The van der Waals surface area contributed by atoms with Gasteiger partial charge in [-0.3, -0.25) is 9.59 Å². The smallest absolute Gasteiger partial charge is 0.190 e. The minimum atomic E-state index is -0.0136. The molecule has 58 heavy (non-hydrogen) atoms. The Balaban J connectivity index is 1.57. The molecule has 0 spiro atoms. The first kappa shape index (κ1) is 50.4. The van der Waals surface area contributed by atoms with Crippen molar-refractivity contribution in [3.8, 4) is 0 Å². The maximum atomic E-state index is 13.0. The zero-order valence-corrected chi connectivity index (χ0v) is 39.0. The van der Waals surface area contributed by atoms with Crippen LogP contribution in [0.2, 0.25) is 0 Å². The Labute approximate surface area is 357 Å². The molecule has 0 unspecified atom stereocenters. The number of ketones is 2. The van der Waals surface area contributed by atoms with Gasteiger partial charge in [-0.1, -0.05) is 131 Å². The Bertz CT molecular complexity index is 1750. The van der Waals surface area contributed by atoms with E-state index < -0.39 is 0 Å². The number of carbonyl (C=O) groups excluding carboxylic acids is 2. The molecule has 0 aromatic heterocycles. The second-order valence-corrected chi connectivity index (χ2v) is 18.0. The first-order valence-electron chi connectivity index (χ1n) is 22.8. The van der Waals surface area contributed by atoms with Gasteiger partial charge >= 0.3 is 0 Å². The van der Waals surface area contributed by atoms with Crippen molar-refractivity contribution in [2.45, 2.75) is 192 Å². The van der Waals surface area contributed by atoms with E-state index in [9.17, 15) is 9.59 Å². The van der Waals surface area contributed by atoms with Crippen molar-refractivity contribution in [3.05, 3.63) is 140 Å².